The maximum atomic E-state index is 13.8. The van der Waals surface area contributed by atoms with Gasteiger partial charge in [0.05, 0.1) is 4.21 Å². The van der Waals surface area contributed by atoms with E-state index in [0.717, 1.165) is 15.3 Å². The maximum Gasteiger partial charge on any atom is 0.356 e. The molecule has 6 rings (SSSR count). The van der Waals surface area contributed by atoms with Gasteiger partial charge in [-0.3, -0.25) is 14.5 Å². The molecule has 0 radical (unpaired) electrons. The predicted molar refractivity (Wildman–Crippen MR) is 164 cm³/mol. The number of phenols is 1. The number of carbonyl (C=O) groups excluding carboxylic acids is 2. The molecule has 3 aromatic carbocycles. The van der Waals surface area contributed by atoms with Crippen molar-refractivity contribution < 1.29 is 19.4 Å². The zero-order chi connectivity index (χ0) is 28.5. The molecule has 3 heterocycles. The van der Waals surface area contributed by atoms with Crippen LogP contribution in [0.25, 0.3) is 10.1 Å². The molecule has 0 saturated carbocycles. The minimum absolute atomic E-state index is 0.0923. The summed E-state index contributed by atoms with van der Waals surface area (Å²) >= 11 is 4.20. The van der Waals surface area contributed by atoms with Gasteiger partial charge in [0, 0.05) is 21.9 Å². The summed E-state index contributed by atoms with van der Waals surface area (Å²) in [5.41, 5.74) is 8.36. The first kappa shape index (κ1) is 27.3. The first-order chi connectivity index (χ1) is 19.9. The predicted octanol–water partition coefficient (Wildman–Crippen LogP) is 5.40. The van der Waals surface area contributed by atoms with Crippen LogP contribution in [0.3, 0.4) is 0 Å². The highest BCUT2D eigenvalue weighted by atomic mass is 32.2. The molecule has 206 valence electrons. The number of nitrogens with two attached hydrogens (primary N) is 1. The van der Waals surface area contributed by atoms with Gasteiger partial charge in [0.15, 0.2) is 11.5 Å². The number of phenolic OH excluding ortho intramolecular Hbond substituents is 1. The first-order valence-corrected chi connectivity index (χ1v) is 15.5. The number of esters is 1. The van der Waals surface area contributed by atoms with Gasteiger partial charge < -0.3 is 15.6 Å². The van der Waals surface area contributed by atoms with Gasteiger partial charge >= 0.3 is 5.97 Å². The average molecular weight is 601 g/mol. The van der Waals surface area contributed by atoms with Crippen molar-refractivity contribution in [1.29, 1.82) is 0 Å². The van der Waals surface area contributed by atoms with Crippen LogP contribution >= 0.6 is 34.9 Å². The number of rotatable bonds is 7. The van der Waals surface area contributed by atoms with Crippen molar-refractivity contribution in [2.75, 3.05) is 5.75 Å². The molecule has 0 unspecified atom stereocenters. The Bertz CT molecular complexity index is 1710. The van der Waals surface area contributed by atoms with Gasteiger partial charge in [0.1, 0.15) is 22.9 Å². The second kappa shape index (κ2) is 11.6. The Hall–Kier alpha value is -3.83. The molecular formula is C31H24N2O5S3. The molecule has 7 nitrogen and oxygen atoms in total. The molecule has 1 fully saturated rings. The van der Waals surface area contributed by atoms with Crippen LogP contribution in [-0.4, -0.2) is 39.1 Å². The summed E-state index contributed by atoms with van der Waals surface area (Å²) < 4.78 is 7.53. The lowest BCUT2D eigenvalue weighted by atomic mass is 10.0. The number of aromatic hydroxyl groups is 1. The van der Waals surface area contributed by atoms with E-state index < -0.39 is 18.1 Å². The minimum Gasteiger partial charge on any atom is -0.508 e. The standard InChI is InChI=1S/C31H24N2O5S3/c32-26-29(36)33-27(31(37)38-28(18-7-3-1-4-8-18)19-9-5-2-6-10-19)20(17-40-30(26)33)13-14-39-25-16-23(35)22-12-11-21(34)15-24(22)41-25/h1-16,26,28,30,34H,17,32H2/t26-,30+/m1/s1. The van der Waals surface area contributed by atoms with Gasteiger partial charge in [-0.2, -0.15) is 0 Å². The van der Waals surface area contributed by atoms with Crippen LogP contribution in [0.4, 0.5) is 0 Å². The first-order valence-electron chi connectivity index (χ1n) is 12.7. The number of thioether (sulfide) groups is 2. The van der Waals surface area contributed by atoms with E-state index in [1.54, 1.807) is 29.7 Å². The third-order valence-corrected chi connectivity index (χ3v) is 10.2. The van der Waals surface area contributed by atoms with E-state index in [2.05, 4.69) is 0 Å². The smallest absolute Gasteiger partial charge is 0.356 e. The van der Waals surface area contributed by atoms with Gasteiger partial charge in [0.25, 0.3) is 0 Å². The summed E-state index contributed by atoms with van der Waals surface area (Å²) in [6.07, 6.45) is 1.12. The van der Waals surface area contributed by atoms with Crippen molar-refractivity contribution in [1.82, 2.24) is 4.90 Å². The van der Waals surface area contributed by atoms with Gasteiger partial charge in [-0.1, -0.05) is 72.4 Å². The zero-order valence-electron chi connectivity index (χ0n) is 21.5. The number of nitrogens with zero attached hydrogens (tertiary/aromatic N) is 1. The van der Waals surface area contributed by atoms with Crippen molar-refractivity contribution in [3.8, 4) is 5.75 Å². The molecular weight excluding hydrogens is 577 g/mol. The molecule has 0 spiro atoms. The van der Waals surface area contributed by atoms with E-state index in [4.69, 9.17) is 10.5 Å². The molecule has 4 aromatic rings. The van der Waals surface area contributed by atoms with Crippen molar-refractivity contribution in [3.05, 3.63) is 129 Å². The van der Waals surface area contributed by atoms with E-state index in [0.29, 0.717) is 21.4 Å². The summed E-state index contributed by atoms with van der Waals surface area (Å²) in [4.78, 5) is 40.7. The van der Waals surface area contributed by atoms with Gasteiger partial charge in [-0.15, -0.1) is 23.1 Å². The van der Waals surface area contributed by atoms with Crippen molar-refractivity contribution in [2.24, 2.45) is 5.73 Å². The number of carbonyl (C=O) groups is 2. The van der Waals surface area contributed by atoms with Crippen LogP contribution in [0.2, 0.25) is 0 Å². The molecule has 41 heavy (non-hydrogen) atoms. The van der Waals surface area contributed by atoms with Crippen LogP contribution in [0, 0.1) is 0 Å². The highest BCUT2D eigenvalue weighted by Crippen LogP contribution is 2.41. The van der Waals surface area contributed by atoms with Crippen LogP contribution in [-0.2, 0) is 14.3 Å². The molecule has 3 N–H and O–H groups in total. The molecule has 2 atom stereocenters. The average Bonchev–Trinajstić information content (AvgIpc) is 2.99. The lowest BCUT2D eigenvalue weighted by molar-refractivity contribution is -0.153. The summed E-state index contributed by atoms with van der Waals surface area (Å²) in [6.45, 7) is 0. The molecule has 10 heteroatoms. The number of ether oxygens (including phenoxy) is 1. The van der Waals surface area contributed by atoms with Crippen LogP contribution < -0.4 is 11.2 Å². The van der Waals surface area contributed by atoms with Gasteiger partial charge in [-0.25, -0.2) is 4.79 Å². The molecule has 0 aliphatic carbocycles. The monoisotopic (exact) mass is 600 g/mol. The third-order valence-electron chi connectivity index (χ3n) is 6.81. The number of hydrogen-bond donors (Lipinski definition) is 2. The van der Waals surface area contributed by atoms with E-state index in [1.807, 2.05) is 60.7 Å². The molecule has 1 aromatic heterocycles. The number of β-lactam (4-membered cyclic amide) rings is 1. The Kier molecular flexibility index (Phi) is 7.72. The molecule has 1 saturated heterocycles. The number of benzene rings is 3. The molecule has 0 bridgehead atoms. The Morgan fingerprint density at radius 2 is 1.71 bits per heavy atom. The summed E-state index contributed by atoms with van der Waals surface area (Å²) in [5, 5.41) is 11.8. The van der Waals surface area contributed by atoms with Crippen molar-refractivity contribution in [2.45, 2.75) is 21.7 Å². The molecule has 2 aliphatic heterocycles. The van der Waals surface area contributed by atoms with Crippen LogP contribution in [0.1, 0.15) is 17.2 Å². The topological polar surface area (TPSA) is 110 Å². The maximum absolute atomic E-state index is 13.8. The van der Waals surface area contributed by atoms with E-state index >= 15 is 0 Å². The highest BCUT2D eigenvalue weighted by molar-refractivity contribution is 8.04. The highest BCUT2D eigenvalue weighted by Gasteiger charge is 2.52. The number of amides is 1. The molecule has 1 amide bonds. The van der Waals surface area contributed by atoms with Crippen LogP contribution in [0.15, 0.2) is 117 Å². The largest absolute Gasteiger partial charge is 0.508 e. The lowest BCUT2D eigenvalue weighted by Crippen LogP contribution is -2.68. The zero-order valence-corrected chi connectivity index (χ0v) is 24.0. The number of hydrogen-bond acceptors (Lipinski definition) is 9. The second-order valence-electron chi connectivity index (χ2n) is 9.45. The van der Waals surface area contributed by atoms with Gasteiger partial charge in [0.2, 0.25) is 5.91 Å². The lowest BCUT2D eigenvalue weighted by Gasteiger charge is -2.48. The van der Waals surface area contributed by atoms with Crippen LogP contribution in [0.5, 0.6) is 5.75 Å². The summed E-state index contributed by atoms with van der Waals surface area (Å²) in [6, 6.07) is 24.5. The SMILES string of the molecule is N[C@@H]1C(=O)N2C(C(=O)OC(c3ccccc3)c3ccccc3)=C(C=CSc3cc(=O)c4ccc(O)cc4s3)CS[C@@H]12. The Balaban J connectivity index is 1.32. The quantitative estimate of drug-likeness (QED) is 0.165. The molecule has 2 aliphatic rings. The van der Waals surface area contributed by atoms with E-state index in [-0.39, 0.29) is 28.2 Å². The summed E-state index contributed by atoms with van der Waals surface area (Å²) in [7, 11) is 0. The Labute approximate surface area is 248 Å². The van der Waals surface area contributed by atoms with E-state index in [1.165, 1.54) is 45.8 Å². The normalized spacial score (nSPS) is 18.6. The second-order valence-corrected chi connectivity index (χ2v) is 12.8. The van der Waals surface area contributed by atoms with Gasteiger partial charge in [-0.05, 0) is 46.4 Å². The Morgan fingerprint density at radius 3 is 2.39 bits per heavy atom. The fraction of sp³-hybridized carbons (Fsp3) is 0.129. The number of fused-ring (bicyclic) bond motifs is 2. The van der Waals surface area contributed by atoms with E-state index in [9.17, 15) is 19.5 Å². The van der Waals surface area contributed by atoms with Crippen molar-refractivity contribution in [3.63, 3.8) is 0 Å². The fourth-order valence-electron chi connectivity index (χ4n) is 4.77. The van der Waals surface area contributed by atoms with Crippen molar-refractivity contribution >= 4 is 56.8 Å². The summed E-state index contributed by atoms with van der Waals surface area (Å²) in [5.74, 6) is -0.373. The number of allylic oxidation sites excluding steroid dienone is 1. The fourth-order valence-corrected chi connectivity index (χ4v) is 8.04. The third kappa shape index (κ3) is 5.43. The minimum atomic E-state index is -0.673. The Morgan fingerprint density at radius 1 is 1.02 bits per heavy atom.